The molecule has 2 aliphatic rings. The molecular weight excluding hydrogens is 184 g/mol. The maximum atomic E-state index is 10.4. The molecular formula is C9H16N2O3. The normalized spacial score (nSPS) is 34.6. The number of carbonyl (C=O) groups excluding carboxylic acids is 1. The van der Waals surface area contributed by atoms with Crippen LogP contribution in [0.4, 0.5) is 0 Å². The second kappa shape index (κ2) is 4.84. The van der Waals surface area contributed by atoms with Gasteiger partial charge in [0.25, 0.3) is 0 Å². The van der Waals surface area contributed by atoms with Crippen molar-refractivity contribution in [2.75, 3.05) is 39.5 Å². The van der Waals surface area contributed by atoms with Crippen LogP contribution in [0.5, 0.6) is 0 Å². The number of carbonyl (C=O) groups is 1. The molecule has 80 valence electrons. The molecule has 0 aromatic heterocycles. The lowest BCUT2D eigenvalue weighted by atomic mass is 10.3. The van der Waals surface area contributed by atoms with Crippen LogP contribution in [-0.2, 0) is 14.3 Å². The average molecular weight is 200 g/mol. The highest BCUT2D eigenvalue weighted by Crippen LogP contribution is 2.05. The van der Waals surface area contributed by atoms with E-state index in [2.05, 4.69) is 10.2 Å². The molecule has 2 atom stereocenters. The summed E-state index contributed by atoms with van der Waals surface area (Å²) in [6, 6.07) is 0.281. The van der Waals surface area contributed by atoms with Crippen molar-refractivity contribution in [2.45, 2.75) is 12.3 Å². The maximum absolute atomic E-state index is 10.4. The van der Waals surface area contributed by atoms with Gasteiger partial charge in [-0.25, -0.2) is 0 Å². The van der Waals surface area contributed by atoms with Gasteiger partial charge in [0.15, 0.2) is 12.5 Å². The van der Waals surface area contributed by atoms with Crippen LogP contribution in [0, 0.1) is 0 Å². The molecule has 0 aromatic rings. The SMILES string of the molecule is O=CC1NC(CN2CCOCC2)CO1. The lowest BCUT2D eigenvalue weighted by Crippen LogP contribution is -2.45. The minimum Gasteiger partial charge on any atom is -0.379 e. The predicted octanol–water partition coefficient (Wildman–Crippen LogP) is -1.17. The molecule has 0 saturated carbocycles. The summed E-state index contributed by atoms with van der Waals surface area (Å²) >= 11 is 0. The van der Waals surface area contributed by atoms with Crippen molar-refractivity contribution in [1.29, 1.82) is 0 Å². The zero-order chi connectivity index (χ0) is 9.80. The van der Waals surface area contributed by atoms with E-state index in [-0.39, 0.29) is 6.04 Å². The van der Waals surface area contributed by atoms with E-state index in [0.717, 1.165) is 39.1 Å². The molecule has 5 nitrogen and oxygen atoms in total. The summed E-state index contributed by atoms with van der Waals surface area (Å²) in [6.45, 7) is 5.14. The number of hydrogen-bond acceptors (Lipinski definition) is 5. The maximum Gasteiger partial charge on any atom is 0.164 e. The third kappa shape index (κ3) is 2.51. The molecule has 2 unspecified atom stereocenters. The zero-order valence-corrected chi connectivity index (χ0v) is 8.15. The van der Waals surface area contributed by atoms with Gasteiger partial charge < -0.3 is 9.47 Å². The summed E-state index contributed by atoms with van der Waals surface area (Å²) in [7, 11) is 0. The summed E-state index contributed by atoms with van der Waals surface area (Å²) in [6.07, 6.45) is 0.403. The Bertz CT molecular complexity index is 194. The van der Waals surface area contributed by atoms with Crippen molar-refractivity contribution < 1.29 is 14.3 Å². The van der Waals surface area contributed by atoms with Gasteiger partial charge in [-0.3, -0.25) is 15.0 Å². The molecule has 2 rings (SSSR count). The van der Waals surface area contributed by atoms with Crippen LogP contribution in [0.25, 0.3) is 0 Å². The van der Waals surface area contributed by atoms with E-state index in [1.807, 2.05) is 0 Å². The van der Waals surface area contributed by atoms with Crippen LogP contribution >= 0.6 is 0 Å². The molecule has 2 heterocycles. The second-order valence-electron chi connectivity index (χ2n) is 3.67. The molecule has 14 heavy (non-hydrogen) atoms. The summed E-state index contributed by atoms with van der Waals surface area (Å²) in [5, 5.41) is 3.12. The minimum atomic E-state index is -0.402. The summed E-state index contributed by atoms with van der Waals surface area (Å²) in [5.74, 6) is 0. The number of nitrogens with zero attached hydrogens (tertiary/aromatic N) is 1. The predicted molar refractivity (Wildman–Crippen MR) is 50.0 cm³/mol. The van der Waals surface area contributed by atoms with Gasteiger partial charge in [0.05, 0.1) is 19.8 Å². The van der Waals surface area contributed by atoms with E-state index in [1.165, 1.54) is 0 Å². The molecule has 5 heteroatoms. The Labute approximate surface area is 83.3 Å². The van der Waals surface area contributed by atoms with Gasteiger partial charge in [0, 0.05) is 25.7 Å². The van der Waals surface area contributed by atoms with Gasteiger partial charge in [-0.2, -0.15) is 0 Å². The van der Waals surface area contributed by atoms with Crippen LogP contribution in [0.15, 0.2) is 0 Å². The van der Waals surface area contributed by atoms with Crippen LogP contribution in [-0.4, -0.2) is 62.9 Å². The highest BCUT2D eigenvalue weighted by molar-refractivity contribution is 5.55. The quantitative estimate of drug-likeness (QED) is 0.582. The van der Waals surface area contributed by atoms with Gasteiger partial charge in [-0.1, -0.05) is 0 Å². The number of ether oxygens (including phenoxy) is 2. The molecule has 0 aliphatic carbocycles. The summed E-state index contributed by atoms with van der Waals surface area (Å²) < 4.78 is 10.5. The fourth-order valence-electron chi connectivity index (χ4n) is 1.83. The summed E-state index contributed by atoms with van der Waals surface area (Å²) in [4.78, 5) is 12.8. The zero-order valence-electron chi connectivity index (χ0n) is 8.15. The van der Waals surface area contributed by atoms with E-state index in [0.29, 0.717) is 6.61 Å². The van der Waals surface area contributed by atoms with E-state index in [4.69, 9.17) is 9.47 Å². The van der Waals surface area contributed by atoms with Gasteiger partial charge in [0.1, 0.15) is 0 Å². The highest BCUT2D eigenvalue weighted by atomic mass is 16.5. The van der Waals surface area contributed by atoms with Crippen molar-refractivity contribution in [3.05, 3.63) is 0 Å². The first-order chi connectivity index (χ1) is 6.88. The summed E-state index contributed by atoms with van der Waals surface area (Å²) in [5.41, 5.74) is 0. The first-order valence-electron chi connectivity index (χ1n) is 5.01. The monoisotopic (exact) mass is 200 g/mol. The Hall–Kier alpha value is -0.490. The Kier molecular flexibility index (Phi) is 3.47. The Morgan fingerprint density at radius 3 is 2.86 bits per heavy atom. The van der Waals surface area contributed by atoms with Gasteiger partial charge in [-0.15, -0.1) is 0 Å². The van der Waals surface area contributed by atoms with Crippen molar-refractivity contribution in [1.82, 2.24) is 10.2 Å². The van der Waals surface area contributed by atoms with Gasteiger partial charge in [-0.05, 0) is 0 Å². The third-order valence-corrected chi connectivity index (χ3v) is 2.58. The van der Waals surface area contributed by atoms with Gasteiger partial charge in [0.2, 0.25) is 0 Å². The van der Waals surface area contributed by atoms with Crippen LogP contribution in [0.2, 0.25) is 0 Å². The smallest absolute Gasteiger partial charge is 0.164 e. The van der Waals surface area contributed by atoms with E-state index < -0.39 is 6.23 Å². The molecule has 0 spiro atoms. The fourth-order valence-corrected chi connectivity index (χ4v) is 1.83. The molecule has 0 aromatic carbocycles. The lowest BCUT2D eigenvalue weighted by molar-refractivity contribution is -0.116. The average Bonchev–Trinajstić information content (AvgIpc) is 2.67. The number of nitrogens with one attached hydrogen (secondary N) is 1. The van der Waals surface area contributed by atoms with Crippen LogP contribution < -0.4 is 5.32 Å². The number of hydrogen-bond donors (Lipinski definition) is 1. The minimum absolute atomic E-state index is 0.281. The van der Waals surface area contributed by atoms with Crippen molar-refractivity contribution in [3.8, 4) is 0 Å². The number of aldehydes is 1. The van der Waals surface area contributed by atoms with E-state index in [9.17, 15) is 4.79 Å². The van der Waals surface area contributed by atoms with Crippen LogP contribution in [0.3, 0.4) is 0 Å². The molecule has 0 bridgehead atoms. The Morgan fingerprint density at radius 2 is 2.21 bits per heavy atom. The van der Waals surface area contributed by atoms with Crippen molar-refractivity contribution >= 4 is 6.29 Å². The molecule has 0 amide bonds. The standard InChI is InChI=1S/C9H16N2O3/c12-6-9-10-8(7-14-9)5-11-1-3-13-4-2-11/h6,8-10H,1-5,7H2. The van der Waals surface area contributed by atoms with Gasteiger partial charge >= 0.3 is 0 Å². The van der Waals surface area contributed by atoms with Crippen LogP contribution in [0.1, 0.15) is 0 Å². The van der Waals surface area contributed by atoms with Crippen molar-refractivity contribution in [3.63, 3.8) is 0 Å². The Morgan fingerprint density at radius 1 is 1.43 bits per heavy atom. The van der Waals surface area contributed by atoms with Crippen molar-refractivity contribution in [2.24, 2.45) is 0 Å². The largest absolute Gasteiger partial charge is 0.379 e. The fraction of sp³-hybridized carbons (Fsp3) is 0.889. The lowest BCUT2D eigenvalue weighted by Gasteiger charge is -2.28. The first kappa shape index (κ1) is 10.0. The van der Waals surface area contributed by atoms with E-state index >= 15 is 0 Å². The molecule has 2 aliphatic heterocycles. The molecule has 2 fully saturated rings. The first-order valence-corrected chi connectivity index (χ1v) is 5.01. The molecule has 2 saturated heterocycles. The Balaban J connectivity index is 1.72. The molecule has 0 radical (unpaired) electrons. The molecule has 1 N–H and O–H groups in total. The highest BCUT2D eigenvalue weighted by Gasteiger charge is 2.25. The topological polar surface area (TPSA) is 50.8 Å². The number of morpholine rings is 1. The third-order valence-electron chi connectivity index (χ3n) is 2.58. The van der Waals surface area contributed by atoms with E-state index in [1.54, 1.807) is 0 Å². The number of rotatable bonds is 3. The second-order valence-corrected chi connectivity index (χ2v) is 3.67.